The molecular weight excluding hydrogens is 227 g/mol. The first-order chi connectivity index (χ1) is 8.01. The van der Waals surface area contributed by atoms with E-state index in [1.54, 1.807) is 0 Å². The summed E-state index contributed by atoms with van der Waals surface area (Å²) >= 11 is 0. The molecule has 17 heavy (non-hydrogen) atoms. The number of hydrogen-bond acceptors (Lipinski definition) is 3. The second kappa shape index (κ2) is 3.84. The molecule has 4 nitrogen and oxygen atoms in total. The number of carbonyl (C=O) groups is 2. The fourth-order valence-electron chi connectivity index (χ4n) is 1.75. The number of ether oxygens (including phenoxy) is 1. The molecule has 1 aliphatic rings. The minimum Gasteiger partial charge on any atom is -0.494 e. The Bertz CT molecular complexity index is 491. The van der Waals surface area contributed by atoms with Crippen molar-refractivity contribution >= 4 is 11.8 Å². The molecule has 1 saturated carbocycles. The molecule has 1 fully saturated rings. The number of methoxy groups -OCH3 is 1. The van der Waals surface area contributed by atoms with Crippen LogP contribution < -0.4 is 4.74 Å². The highest BCUT2D eigenvalue weighted by atomic mass is 19.1. The molecule has 0 saturated heterocycles. The van der Waals surface area contributed by atoms with Gasteiger partial charge in [0.1, 0.15) is 5.41 Å². The van der Waals surface area contributed by atoms with E-state index in [1.807, 2.05) is 0 Å². The molecule has 0 aromatic heterocycles. The Kier molecular flexibility index (Phi) is 2.61. The number of aliphatic carboxylic acids is 1. The van der Waals surface area contributed by atoms with Crippen LogP contribution in [-0.4, -0.2) is 24.0 Å². The standard InChI is InChI=1S/C12H11FO4/c1-17-9-3-2-7(6-8(9)13)10(14)12(4-5-12)11(15)16/h2-3,6H,4-5H2,1H3,(H,15,16). The Hall–Kier alpha value is -1.91. The van der Waals surface area contributed by atoms with Gasteiger partial charge in [0.2, 0.25) is 0 Å². The highest BCUT2D eigenvalue weighted by Gasteiger charge is 2.56. The summed E-state index contributed by atoms with van der Waals surface area (Å²) in [7, 11) is 1.32. The summed E-state index contributed by atoms with van der Waals surface area (Å²) in [6.45, 7) is 0. The molecule has 0 aliphatic heterocycles. The molecule has 0 unspecified atom stereocenters. The van der Waals surface area contributed by atoms with Crippen LogP contribution in [0.15, 0.2) is 18.2 Å². The number of Topliss-reactive ketones (excluding diaryl/α,β-unsaturated/α-hetero) is 1. The summed E-state index contributed by atoms with van der Waals surface area (Å²) in [5.41, 5.74) is -1.26. The maximum Gasteiger partial charge on any atom is 0.317 e. The van der Waals surface area contributed by atoms with Gasteiger partial charge in [-0.05, 0) is 31.0 Å². The Morgan fingerprint density at radius 3 is 2.47 bits per heavy atom. The van der Waals surface area contributed by atoms with Crippen LogP contribution in [0, 0.1) is 11.2 Å². The quantitative estimate of drug-likeness (QED) is 0.642. The number of carbonyl (C=O) groups excluding carboxylic acids is 1. The van der Waals surface area contributed by atoms with Gasteiger partial charge >= 0.3 is 5.97 Å². The van der Waals surface area contributed by atoms with Crippen molar-refractivity contribution in [1.82, 2.24) is 0 Å². The monoisotopic (exact) mass is 238 g/mol. The molecule has 0 amide bonds. The van der Waals surface area contributed by atoms with Crippen molar-refractivity contribution in [3.8, 4) is 5.75 Å². The lowest BCUT2D eigenvalue weighted by Crippen LogP contribution is -2.25. The van der Waals surface area contributed by atoms with E-state index in [1.165, 1.54) is 19.2 Å². The molecular formula is C12H11FO4. The highest BCUT2D eigenvalue weighted by molar-refractivity contribution is 6.14. The average molecular weight is 238 g/mol. The second-order valence-corrected chi connectivity index (χ2v) is 4.07. The molecule has 5 heteroatoms. The van der Waals surface area contributed by atoms with Gasteiger partial charge in [-0.2, -0.15) is 0 Å². The molecule has 0 heterocycles. The molecule has 90 valence electrons. The third-order valence-corrected chi connectivity index (χ3v) is 3.01. The number of rotatable bonds is 4. The third-order valence-electron chi connectivity index (χ3n) is 3.01. The van der Waals surface area contributed by atoms with Crippen molar-refractivity contribution in [3.05, 3.63) is 29.6 Å². The van der Waals surface area contributed by atoms with Crippen molar-refractivity contribution in [2.75, 3.05) is 7.11 Å². The summed E-state index contributed by atoms with van der Waals surface area (Å²) in [5.74, 6) is -2.31. The van der Waals surface area contributed by atoms with E-state index < -0.39 is 23.0 Å². The Labute approximate surface area is 97.0 Å². The normalized spacial score (nSPS) is 16.4. The zero-order valence-electron chi connectivity index (χ0n) is 9.20. The summed E-state index contributed by atoms with van der Waals surface area (Å²) in [4.78, 5) is 22.9. The lowest BCUT2D eigenvalue weighted by molar-refractivity contribution is -0.141. The van der Waals surface area contributed by atoms with Crippen molar-refractivity contribution < 1.29 is 23.8 Å². The Balaban J connectivity index is 2.33. The van der Waals surface area contributed by atoms with Crippen LogP contribution in [0.4, 0.5) is 4.39 Å². The van der Waals surface area contributed by atoms with Crippen molar-refractivity contribution in [1.29, 1.82) is 0 Å². The maximum absolute atomic E-state index is 13.4. The van der Waals surface area contributed by atoms with Gasteiger partial charge in [0.05, 0.1) is 7.11 Å². The van der Waals surface area contributed by atoms with E-state index in [0.29, 0.717) is 12.8 Å². The topological polar surface area (TPSA) is 63.6 Å². The predicted molar refractivity (Wildman–Crippen MR) is 56.6 cm³/mol. The van der Waals surface area contributed by atoms with Gasteiger partial charge < -0.3 is 9.84 Å². The SMILES string of the molecule is COc1ccc(C(=O)C2(C(=O)O)CC2)cc1F. The predicted octanol–water partition coefficient (Wildman–Crippen LogP) is 1.88. The average Bonchev–Trinajstić information content (AvgIpc) is 3.09. The highest BCUT2D eigenvalue weighted by Crippen LogP contribution is 2.48. The van der Waals surface area contributed by atoms with Gasteiger partial charge in [-0.3, -0.25) is 9.59 Å². The number of carboxylic acid groups (broad SMARTS) is 1. The fourth-order valence-corrected chi connectivity index (χ4v) is 1.75. The van der Waals surface area contributed by atoms with Crippen LogP contribution in [0.25, 0.3) is 0 Å². The van der Waals surface area contributed by atoms with Crippen LogP contribution in [0.3, 0.4) is 0 Å². The third kappa shape index (κ3) is 1.77. The molecule has 0 radical (unpaired) electrons. The maximum atomic E-state index is 13.4. The van der Waals surface area contributed by atoms with Crippen LogP contribution in [0.2, 0.25) is 0 Å². The molecule has 1 aliphatic carbocycles. The van der Waals surface area contributed by atoms with Crippen molar-refractivity contribution in [2.45, 2.75) is 12.8 Å². The summed E-state index contributed by atoms with van der Waals surface area (Å²) in [6.07, 6.45) is 0.629. The van der Waals surface area contributed by atoms with Gasteiger partial charge in [0, 0.05) is 5.56 Å². The van der Waals surface area contributed by atoms with Gasteiger partial charge in [-0.1, -0.05) is 0 Å². The van der Waals surface area contributed by atoms with Crippen LogP contribution >= 0.6 is 0 Å². The molecule has 0 bridgehead atoms. The fraction of sp³-hybridized carbons (Fsp3) is 0.333. The smallest absolute Gasteiger partial charge is 0.317 e. The first kappa shape index (κ1) is 11.6. The minimum atomic E-state index is -1.33. The van der Waals surface area contributed by atoms with E-state index in [0.717, 1.165) is 6.07 Å². The second-order valence-electron chi connectivity index (χ2n) is 4.07. The zero-order chi connectivity index (χ0) is 12.6. The lowest BCUT2D eigenvalue weighted by atomic mass is 9.95. The summed E-state index contributed by atoms with van der Waals surface area (Å²) in [5, 5.41) is 8.97. The largest absolute Gasteiger partial charge is 0.494 e. The van der Waals surface area contributed by atoms with Crippen molar-refractivity contribution in [3.63, 3.8) is 0 Å². The Morgan fingerprint density at radius 2 is 2.06 bits per heavy atom. The van der Waals surface area contributed by atoms with Gasteiger partial charge in [0.25, 0.3) is 0 Å². The molecule has 0 atom stereocenters. The number of ketones is 1. The number of hydrogen-bond donors (Lipinski definition) is 1. The minimum absolute atomic E-state index is 0.0294. The molecule has 1 aromatic rings. The van der Waals surface area contributed by atoms with Crippen LogP contribution in [-0.2, 0) is 4.79 Å². The summed E-state index contributed by atoms with van der Waals surface area (Å²) < 4.78 is 18.1. The van der Waals surface area contributed by atoms with Gasteiger partial charge in [0.15, 0.2) is 17.3 Å². The first-order valence-corrected chi connectivity index (χ1v) is 5.13. The number of halogens is 1. The molecule has 1 aromatic carbocycles. The van der Waals surface area contributed by atoms with E-state index in [-0.39, 0.29) is 11.3 Å². The van der Waals surface area contributed by atoms with E-state index >= 15 is 0 Å². The van der Waals surface area contributed by atoms with Crippen molar-refractivity contribution in [2.24, 2.45) is 5.41 Å². The van der Waals surface area contributed by atoms with Crippen LogP contribution in [0.5, 0.6) is 5.75 Å². The molecule has 0 spiro atoms. The number of benzene rings is 1. The first-order valence-electron chi connectivity index (χ1n) is 5.13. The Morgan fingerprint density at radius 1 is 1.41 bits per heavy atom. The molecule has 2 rings (SSSR count). The van der Waals surface area contributed by atoms with E-state index in [2.05, 4.69) is 0 Å². The van der Waals surface area contributed by atoms with E-state index in [9.17, 15) is 14.0 Å². The van der Waals surface area contributed by atoms with E-state index in [4.69, 9.17) is 9.84 Å². The number of carboxylic acids is 1. The lowest BCUT2D eigenvalue weighted by Gasteiger charge is -2.09. The van der Waals surface area contributed by atoms with Gasteiger partial charge in [-0.15, -0.1) is 0 Å². The summed E-state index contributed by atoms with van der Waals surface area (Å²) in [6, 6.07) is 3.72. The molecule has 1 N–H and O–H groups in total. The van der Waals surface area contributed by atoms with Crippen LogP contribution in [0.1, 0.15) is 23.2 Å². The van der Waals surface area contributed by atoms with Gasteiger partial charge in [-0.25, -0.2) is 4.39 Å². The zero-order valence-corrected chi connectivity index (χ0v) is 9.20.